The number of benzene rings is 1. The number of carbonyl (C=O) groups excluding carboxylic acids is 1. The van der Waals surface area contributed by atoms with E-state index >= 15 is 0 Å². The topological polar surface area (TPSA) is 168 Å². The lowest BCUT2D eigenvalue weighted by Crippen LogP contribution is -2.60. The Hall–Kier alpha value is -2.35. The SMILES string of the molecule is O=C(C=Cc1ccccc1)OC[C@@]12O[C@@H]1[C@H](O)[C@H]1C=CO[C@H](O[C@@H]3O[C@H](CO)[C@@H](O)[C@H](O)[C@H]3O)[C@H]12. The van der Waals surface area contributed by atoms with Gasteiger partial charge in [0.25, 0.3) is 0 Å². The number of fused-ring (bicyclic) bond motifs is 3. The van der Waals surface area contributed by atoms with E-state index in [9.17, 15) is 30.3 Å². The highest BCUT2D eigenvalue weighted by atomic mass is 16.8. The first kappa shape index (κ1) is 24.3. The molecule has 35 heavy (non-hydrogen) atoms. The lowest BCUT2D eigenvalue weighted by Gasteiger charge is -2.43. The van der Waals surface area contributed by atoms with E-state index in [1.54, 1.807) is 12.2 Å². The molecule has 0 spiro atoms. The Morgan fingerprint density at radius 3 is 2.54 bits per heavy atom. The number of hydrogen-bond acceptors (Lipinski definition) is 11. The van der Waals surface area contributed by atoms with E-state index in [0.717, 1.165) is 5.56 Å². The molecule has 3 fully saturated rings. The number of ether oxygens (including phenoxy) is 5. The summed E-state index contributed by atoms with van der Waals surface area (Å²) in [6.07, 6.45) is -4.06. The molecule has 11 atom stereocenters. The maximum atomic E-state index is 12.3. The third-order valence-electron chi connectivity index (χ3n) is 7.03. The quantitative estimate of drug-likeness (QED) is 0.174. The molecule has 0 aromatic heterocycles. The van der Waals surface area contributed by atoms with E-state index in [2.05, 4.69) is 0 Å². The van der Waals surface area contributed by atoms with Crippen molar-refractivity contribution < 1.29 is 54.0 Å². The van der Waals surface area contributed by atoms with Gasteiger partial charge in [-0.2, -0.15) is 0 Å². The molecule has 1 saturated carbocycles. The maximum Gasteiger partial charge on any atom is 0.330 e. The van der Waals surface area contributed by atoms with Gasteiger partial charge in [-0.05, 0) is 17.7 Å². The normalized spacial score (nSPS) is 43.9. The van der Waals surface area contributed by atoms with Gasteiger partial charge in [0, 0.05) is 12.0 Å². The Balaban J connectivity index is 1.28. The number of carbonyl (C=O) groups is 1. The smallest absolute Gasteiger partial charge is 0.330 e. The first-order valence-corrected chi connectivity index (χ1v) is 11.4. The van der Waals surface area contributed by atoms with Crippen molar-refractivity contribution in [3.05, 3.63) is 54.3 Å². The average Bonchev–Trinajstić information content (AvgIpc) is 3.56. The van der Waals surface area contributed by atoms with Crippen LogP contribution in [0.15, 0.2) is 48.7 Å². The zero-order valence-electron chi connectivity index (χ0n) is 18.6. The molecular weight excluding hydrogens is 464 g/mol. The van der Waals surface area contributed by atoms with Gasteiger partial charge in [-0.3, -0.25) is 0 Å². The van der Waals surface area contributed by atoms with Crippen LogP contribution in [0.1, 0.15) is 5.56 Å². The molecule has 0 bridgehead atoms. The fourth-order valence-corrected chi connectivity index (χ4v) is 5.11. The fourth-order valence-electron chi connectivity index (χ4n) is 5.11. The van der Waals surface area contributed by atoms with Crippen molar-refractivity contribution >= 4 is 12.0 Å². The van der Waals surface area contributed by atoms with Crippen LogP contribution in [0.3, 0.4) is 0 Å². The van der Waals surface area contributed by atoms with Gasteiger partial charge >= 0.3 is 5.97 Å². The largest absolute Gasteiger partial charge is 0.472 e. The van der Waals surface area contributed by atoms with E-state index in [4.69, 9.17) is 23.7 Å². The Bertz CT molecular complexity index is 965. The summed E-state index contributed by atoms with van der Waals surface area (Å²) in [6, 6.07) is 9.24. The van der Waals surface area contributed by atoms with Crippen molar-refractivity contribution in [2.24, 2.45) is 11.8 Å². The summed E-state index contributed by atoms with van der Waals surface area (Å²) in [5.74, 6) is -1.67. The fraction of sp³-hybridized carbons (Fsp3) is 0.542. The van der Waals surface area contributed by atoms with Crippen LogP contribution >= 0.6 is 0 Å². The molecule has 11 heteroatoms. The summed E-state index contributed by atoms with van der Waals surface area (Å²) in [5, 5.41) is 50.5. The van der Waals surface area contributed by atoms with Crippen LogP contribution in [0.4, 0.5) is 0 Å². The molecule has 0 amide bonds. The van der Waals surface area contributed by atoms with Crippen LogP contribution in [0.2, 0.25) is 0 Å². The number of rotatable bonds is 7. The highest BCUT2D eigenvalue weighted by Crippen LogP contribution is 2.60. The zero-order valence-corrected chi connectivity index (χ0v) is 18.6. The molecule has 1 aliphatic carbocycles. The number of epoxide rings is 1. The summed E-state index contributed by atoms with van der Waals surface area (Å²) in [5.41, 5.74) is -0.248. The molecule has 3 heterocycles. The minimum absolute atomic E-state index is 0.167. The van der Waals surface area contributed by atoms with E-state index in [0.29, 0.717) is 0 Å². The summed E-state index contributed by atoms with van der Waals surface area (Å²) < 4.78 is 28.1. The van der Waals surface area contributed by atoms with Crippen LogP contribution in [-0.4, -0.2) is 99.5 Å². The summed E-state index contributed by atoms with van der Waals surface area (Å²) >= 11 is 0. The third-order valence-corrected chi connectivity index (χ3v) is 7.03. The Labute approximate surface area is 200 Å². The standard InChI is InChI=1S/C24H28O11/c25-10-14-18(28)19(29)20(30)23(33-14)34-22-16-13(8-9-31-22)17(27)21-24(16,35-21)11-32-15(26)7-6-12-4-2-1-3-5-12/h1-9,13-14,16-23,25,27-30H,10-11H2/t13-,14+,16-,17+,18+,19-,20+,21+,22+,23-,24-/m0/s1. The van der Waals surface area contributed by atoms with Gasteiger partial charge in [-0.25, -0.2) is 4.79 Å². The third kappa shape index (κ3) is 4.39. The second kappa shape index (κ2) is 9.60. The van der Waals surface area contributed by atoms with E-state index < -0.39 is 79.2 Å². The Morgan fingerprint density at radius 2 is 1.80 bits per heavy atom. The van der Waals surface area contributed by atoms with Crippen LogP contribution in [0.25, 0.3) is 6.08 Å². The van der Waals surface area contributed by atoms with Gasteiger partial charge in [0.05, 0.1) is 24.9 Å². The van der Waals surface area contributed by atoms with Crippen molar-refractivity contribution in [1.82, 2.24) is 0 Å². The highest BCUT2D eigenvalue weighted by Gasteiger charge is 2.76. The zero-order chi connectivity index (χ0) is 24.7. The van der Waals surface area contributed by atoms with E-state index in [1.807, 2.05) is 30.3 Å². The molecule has 4 aliphatic rings. The molecule has 0 radical (unpaired) electrons. The van der Waals surface area contributed by atoms with E-state index in [-0.39, 0.29) is 6.61 Å². The Morgan fingerprint density at radius 1 is 1.03 bits per heavy atom. The molecule has 5 N–H and O–H groups in total. The number of aliphatic hydroxyl groups excluding tert-OH is 5. The van der Waals surface area contributed by atoms with Gasteiger partial charge in [0.15, 0.2) is 6.29 Å². The molecule has 2 saturated heterocycles. The molecule has 5 rings (SSSR count). The Kier molecular flexibility index (Phi) is 6.68. The summed E-state index contributed by atoms with van der Waals surface area (Å²) in [7, 11) is 0. The van der Waals surface area contributed by atoms with Crippen LogP contribution in [0.5, 0.6) is 0 Å². The van der Waals surface area contributed by atoms with Gasteiger partial charge in [0.1, 0.15) is 42.7 Å². The number of esters is 1. The average molecular weight is 492 g/mol. The molecule has 1 aromatic carbocycles. The predicted molar refractivity (Wildman–Crippen MR) is 116 cm³/mol. The van der Waals surface area contributed by atoms with Crippen LogP contribution in [0, 0.1) is 11.8 Å². The lowest BCUT2D eigenvalue weighted by molar-refractivity contribution is -0.344. The molecule has 11 nitrogen and oxygen atoms in total. The number of hydrogen-bond donors (Lipinski definition) is 5. The monoisotopic (exact) mass is 492 g/mol. The van der Waals surface area contributed by atoms with Crippen molar-refractivity contribution in [1.29, 1.82) is 0 Å². The summed E-state index contributed by atoms with van der Waals surface area (Å²) in [6.45, 7) is -0.776. The second-order valence-corrected chi connectivity index (χ2v) is 9.11. The molecular formula is C24H28O11. The van der Waals surface area contributed by atoms with Crippen molar-refractivity contribution in [2.75, 3.05) is 13.2 Å². The molecule has 3 aliphatic heterocycles. The minimum Gasteiger partial charge on any atom is -0.472 e. The molecule has 0 unspecified atom stereocenters. The maximum absolute atomic E-state index is 12.3. The molecule has 1 aromatic rings. The summed E-state index contributed by atoms with van der Waals surface area (Å²) in [4.78, 5) is 12.3. The van der Waals surface area contributed by atoms with Gasteiger partial charge in [-0.1, -0.05) is 30.3 Å². The van der Waals surface area contributed by atoms with Crippen molar-refractivity contribution in [2.45, 2.75) is 54.8 Å². The van der Waals surface area contributed by atoms with Crippen LogP contribution in [-0.2, 0) is 28.5 Å². The highest BCUT2D eigenvalue weighted by molar-refractivity contribution is 5.87. The lowest BCUT2D eigenvalue weighted by atomic mass is 9.85. The van der Waals surface area contributed by atoms with E-state index in [1.165, 1.54) is 12.3 Å². The minimum atomic E-state index is -1.63. The van der Waals surface area contributed by atoms with Gasteiger partial charge in [0.2, 0.25) is 6.29 Å². The predicted octanol–water partition coefficient (Wildman–Crippen LogP) is -1.33. The van der Waals surface area contributed by atoms with Crippen LogP contribution < -0.4 is 0 Å². The van der Waals surface area contributed by atoms with Gasteiger partial charge in [-0.15, -0.1) is 0 Å². The van der Waals surface area contributed by atoms with Gasteiger partial charge < -0.3 is 49.2 Å². The molecule has 190 valence electrons. The van der Waals surface area contributed by atoms with Crippen molar-refractivity contribution in [3.63, 3.8) is 0 Å². The number of aliphatic hydroxyl groups is 5. The second-order valence-electron chi connectivity index (χ2n) is 9.11. The first-order chi connectivity index (χ1) is 16.9. The van der Waals surface area contributed by atoms with Crippen molar-refractivity contribution in [3.8, 4) is 0 Å². The first-order valence-electron chi connectivity index (χ1n) is 11.4.